The maximum Gasteiger partial charge on any atom is 0.243 e. The van der Waals surface area contributed by atoms with Crippen molar-refractivity contribution in [2.75, 3.05) is 38.0 Å². The number of carbonyl (C=O) groups excluding carboxylic acids is 1. The highest BCUT2D eigenvalue weighted by molar-refractivity contribution is 7.89. The van der Waals surface area contributed by atoms with Crippen LogP contribution in [0, 0.1) is 5.82 Å². The van der Waals surface area contributed by atoms with Gasteiger partial charge in [0.2, 0.25) is 15.9 Å². The normalized spacial score (nSPS) is 15.2. The van der Waals surface area contributed by atoms with Crippen LogP contribution in [0.2, 0.25) is 0 Å². The van der Waals surface area contributed by atoms with Crippen molar-refractivity contribution in [3.05, 3.63) is 84.7 Å². The lowest BCUT2D eigenvalue weighted by atomic mass is 10.2. The molecule has 172 valence electrons. The zero-order valence-corrected chi connectivity index (χ0v) is 18.7. The number of nitrogens with one attached hydrogen (secondary N) is 1. The summed E-state index contributed by atoms with van der Waals surface area (Å²) in [5.41, 5.74) is 0.554. The summed E-state index contributed by atoms with van der Waals surface area (Å²) in [5, 5.41) is 2.87. The number of ether oxygens (including phenoxy) is 1. The Labute approximate surface area is 192 Å². The maximum atomic E-state index is 13.5. The lowest BCUT2D eigenvalue weighted by molar-refractivity contribution is -0.117. The summed E-state index contributed by atoms with van der Waals surface area (Å²) in [4.78, 5) is 14.5. The molecule has 1 aliphatic heterocycles. The molecule has 1 N–H and O–H groups in total. The van der Waals surface area contributed by atoms with E-state index in [4.69, 9.17) is 4.74 Å². The number of amides is 1. The van der Waals surface area contributed by atoms with E-state index in [1.165, 1.54) is 22.5 Å². The first-order chi connectivity index (χ1) is 15.9. The Morgan fingerprint density at radius 3 is 2.33 bits per heavy atom. The van der Waals surface area contributed by atoms with E-state index in [0.29, 0.717) is 30.3 Å². The number of sulfonamides is 1. The standard InChI is InChI=1S/C24H24FN3O4S/c25-19-7-6-10-21(17-19)33(30,31)28-15-13-27(14-16-28)18-24(29)26-22-11-4-5-12-23(22)32-20-8-2-1-3-9-20/h1-12,17H,13-16,18H2,(H,26,29). The van der Waals surface area contributed by atoms with Crippen molar-refractivity contribution >= 4 is 21.6 Å². The van der Waals surface area contributed by atoms with Gasteiger partial charge in [0.25, 0.3) is 0 Å². The van der Waals surface area contributed by atoms with Gasteiger partial charge in [-0.1, -0.05) is 36.4 Å². The van der Waals surface area contributed by atoms with E-state index in [1.54, 1.807) is 12.1 Å². The molecule has 0 bridgehead atoms. The average molecular weight is 470 g/mol. The van der Waals surface area contributed by atoms with Gasteiger partial charge in [-0.3, -0.25) is 9.69 Å². The molecule has 0 radical (unpaired) electrons. The highest BCUT2D eigenvalue weighted by atomic mass is 32.2. The quantitative estimate of drug-likeness (QED) is 0.573. The lowest BCUT2D eigenvalue weighted by Gasteiger charge is -2.33. The summed E-state index contributed by atoms with van der Waals surface area (Å²) in [7, 11) is -3.77. The summed E-state index contributed by atoms with van der Waals surface area (Å²) in [6, 6.07) is 21.4. The zero-order chi connectivity index (χ0) is 23.3. The number of anilines is 1. The first-order valence-electron chi connectivity index (χ1n) is 10.5. The van der Waals surface area contributed by atoms with Crippen LogP contribution in [0.15, 0.2) is 83.8 Å². The van der Waals surface area contributed by atoms with Gasteiger partial charge >= 0.3 is 0 Å². The van der Waals surface area contributed by atoms with Crippen molar-refractivity contribution < 1.29 is 22.3 Å². The Kier molecular flexibility index (Phi) is 7.02. The van der Waals surface area contributed by atoms with Gasteiger partial charge < -0.3 is 10.1 Å². The number of hydrogen-bond donors (Lipinski definition) is 1. The smallest absolute Gasteiger partial charge is 0.243 e. The van der Waals surface area contributed by atoms with Crippen LogP contribution in [0.4, 0.5) is 10.1 Å². The third-order valence-electron chi connectivity index (χ3n) is 5.26. The molecule has 1 fully saturated rings. The van der Waals surface area contributed by atoms with Crippen LogP contribution in [-0.4, -0.2) is 56.3 Å². The monoisotopic (exact) mass is 469 g/mol. The van der Waals surface area contributed by atoms with Gasteiger partial charge in [-0.2, -0.15) is 4.31 Å². The summed E-state index contributed by atoms with van der Waals surface area (Å²) < 4.78 is 46.1. The molecule has 4 rings (SSSR count). The van der Waals surface area contributed by atoms with Crippen LogP contribution in [-0.2, 0) is 14.8 Å². The first-order valence-corrected chi connectivity index (χ1v) is 12.0. The van der Waals surface area contributed by atoms with E-state index in [0.717, 1.165) is 6.07 Å². The van der Waals surface area contributed by atoms with E-state index < -0.39 is 15.8 Å². The molecule has 33 heavy (non-hydrogen) atoms. The second kappa shape index (κ2) is 10.1. The van der Waals surface area contributed by atoms with Crippen LogP contribution in [0.3, 0.4) is 0 Å². The van der Waals surface area contributed by atoms with Gasteiger partial charge in [-0.05, 0) is 42.5 Å². The van der Waals surface area contributed by atoms with Gasteiger partial charge in [0, 0.05) is 26.2 Å². The second-order valence-electron chi connectivity index (χ2n) is 7.60. The molecule has 1 amide bonds. The van der Waals surface area contributed by atoms with Crippen molar-refractivity contribution in [3.63, 3.8) is 0 Å². The van der Waals surface area contributed by atoms with Crippen molar-refractivity contribution in [2.24, 2.45) is 0 Å². The molecule has 3 aromatic carbocycles. The Balaban J connectivity index is 1.33. The van der Waals surface area contributed by atoms with Gasteiger partial charge in [-0.15, -0.1) is 0 Å². The predicted octanol–water partition coefficient (Wildman–Crippen LogP) is 3.56. The minimum absolute atomic E-state index is 0.0660. The number of hydrogen-bond acceptors (Lipinski definition) is 5. The van der Waals surface area contributed by atoms with Crippen LogP contribution in [0.25, 0.3) is 0 Å². The highest BCUT2D eigenvalue weighted by Crippen LogP contribution is 2.29. The number of halogens is 1. The molecule has 1 heterocycles. The molecule has 1 saturated heterocycles. The molecular formula is C24H24FN3O4S. The van der Waals surface area contributed by atoms with E-state index in [9.17, 15) is 17.6 Å². The summed E-state index contributed by atoms with van der Waals surface area (Å²) >= 11 is 0. The van der Waals surface area contributed by atoms with Crippen LogP contribution in [0.5, 0.6) is 11.5 Å². The Morgan fingerprint density at radius 1 is 0.909 bits per heavy atom. The summed E-state index contributed by atoms with van der Waals surface area (Å²) in [5.74, 6) is 0.376. The minimum atomic E-state index is -3.77. The molecule has 1 aliphatic rings. The van der Waals surface area contributed by atoms with Crippen LogP contribution >= 0.6 is 0 Å². The number of rotatable bonds is 7. The average Bonchev–Trinajstić information content (AvgIpc) is 2.81. The second-order valence-corrected chi connectivity index (χ2v) is 9.53. The molecule has 7 nitrogen and oxygen atoms in total. The van der Waals surface area contributed by atoms with Crippen molar-refractivity contribution in [1.29, 1.82) is 0 Å². The van der Waals surface area contributed by atoms with E-state index in [2.05, 4.69) is 5.32 Å². The maximum absolute atomic E-state index is 13.5. The molecule has 0 atom stereocenters. The molecule has 0 aromatic heterocycles. The Morgan fingerprint density at radius 2 is 1.61 bits per heavy atom. The molecule has 0 saturated carbocycles. The van der Waals surface area contributed by atoms with Gasteiger partial charge in [0.1, 0.15) is 11.6 Å². The molecule has 3 aromatic rings. The zero-order valence-electron chi connectivity index (χ0n) is 17.9. The number of nitrogens with zero attached hydrogens (tertiary/aromatic N) is 2. The Hall–Kier alpha value is -3.27. The van der Waals surface area contributed by atoms with Gasteiger partial charge in [0.15, 0.2) is 5.75 Å². The third kappa shape index (κ3) is 5.75. The van der Waals surface area contributed by atoms with Crippen LogP contribution < -0.4 is 10.1 Å². The fraction of sp³-hybridized carbons (Fsp3) is 0.208. The minimum Gasteiger partial charge on any atom is -0.455 e. The molecule has 0 spiro atoms. The fourth-order valence-electron chi connectivity index (χ4n) is 3.57. The lowest BCUT2D eigenvalue weighted by Crippen LogP contribution is -2.50. The van der Waals surface area contributed by atoms with Gasteiger partial charge in [-0.25, -0.2) is 12.8 Å². The molecule has 0 aliphatic carbocycles. The van der Waals surface area contributed by atoms with Crippen molar-refractivity contribution in [2.45, 2.75) is 4.90 Å². The van der Waals surface area contributed by atoms with Crippen molar-refractivity contribution in [1.82, 2.24) is 9.21 Å². The number of benzene rings is 3. The first kappa shape index (κ1) is 22.9. The molecule has 0 unspecified atom stereocenters. The third-order valence-corrected chi connectivity index (χ3v) is 7.16. The topological polar surface area (TPSA) is 79.0 Å². The number of piperazine rings is 1. The highest BCUT2D eigenvalue weighted by Gasteiger charge is 2.29. The molecular weight excluding hydrogens is 445 g/mol. The Bertz CT molecular complexity index is 1210. The SMILES string of the molecule is O=C(CN1CCN(S(=O)(=O)c2cccc(F)c2)CC1)Nc1ccccc1Oc1ccccc1. The molecule has 9 heteroatoms. The predicted molar refractivity (Wildman–Crippen MR) is 123 cm³/mol. The number of para-hydroxylation sites is 3. The van der Waals surface area contributed by atoms with Gasteiger partial charge in [0.05, 0.1) is 17.1 Å². The summed E-state index contributed by atoms with van der Waals surface area (Å²) in [6.07, 6.45) is 0. The van der Waals surface area contributed by atoms with E-state index in [1.807, 2.05) is 47.4 Å². The van der Waals surface area contributed by atoms with E-state index >= 15 is 0 Å². The fourth-order valence-corrected chi connectivity index (χ4v) is 5.03. The summed E-state index contributed by atoms with van der Waals surface area (Å²) in [6.45, 7) is 1.35. The largest absolute Gasteiger partial charge is 0.455 e. The van der Waals surface area contributed by atoms with Crippen molar-refractivity contribution in [3.8, 4) is 11.5 Å². The van der Waals surface area contributed by atoms with E-state index in [-0.39, 0.29) is 30.4 Å². The van der Waals surface area contributed by atoms with Crippen LogP contribution in [0.1, 0.15) is 0 Å². The number of carbonyl (C=O) groups is 1.